The fourth-order valence-electron chi connectivity index (χ4n) is 4.38. The number of hydrogen-bond acceptors (Lipinski definition) is 5. The van der Waals surface area contributed by atoms with E-state index < -0.39 is 0 Å². The van der Waals surface area contributed by atoms with Crippen molar-refractivity contribution in [2.45, 2.75) is 33.2 Å². The van der Waals surface area contributed by atoms with Crippen molar-refractivity contribution in [3.8, 4) is 5.69 Å². The first-order valence-electron chi connectivity index (χ1n) is 11.1. The van der Waals surface area contributed by atoms with Gasteiger partial charge < -0.3 is 10.2 Å². The summed E-state index contributed by atoms with van der Waals surface area (Å²) in [7, 11) is 0. The van der Waals surface area contributed by atoms with Gasteiger partial charge in [0.05, 0.1) is 11.9 Å². The zero-order valence-corrected chi connectivity index (χ0v) is 18.9. The van der Waals surface area contributed by atoms with E-state index in [2.05, 4.69) is 20.3 Å². The van der Waals surface area contributed by atoms with E-state index in [9.17, 15) is 9.59 Å². The van der Waals surface area contributed by atoms with Crippen LogP contribution in [0.4, 0.5) is 5.82 Å². The number of imidazole rings is 1. The van der Waals surface area contributed by atoms with Crippen LogP contribution in [0.2, 0.25) is 0 Å². The molecule has 0 saturated carbocycles. The number of nitrogens with one attached hydrogen (secondary N) is 1. The Morgan fingerprint density at radius 1 is 1.09 bits per heavy atom. The molecule has 1 aliphatic rings. The van der Waals surface area contributed by atoms with Crippen molar-refractivity contribution in [2.24, 2.45) is 0 Å². The van der Waals surface area contributed by atoms with E-state index in [1.165, 1.54) is 0 Å². The molecule has 168 valence electrons. The molecule has 8 heteroatoms. The first kappa shape index (κ1) is 20.9. The molecule has 0 radical (unpaired) electrons. The average Bonchev–Trinajstić information content (AvgIpc) is 3.43. The zero-order valence-electron chi connectivity index (χ0n) is 18.9. The van der Waals surface area contributed by atoms with Gasteiger partial charge in [-0.25, -0.2) is 9.50 Å². The van der Waals surface area contributed by atoms with Crippen LogP contribution in [0.25, 0.3) is 11.3 Å². The zero-order chi connectivity index (χ0) is 23.1. The van der Waals surface area contributed by atoms with Gasteiger partial charge in [-0.3, -0.25) is 14.2 Å². The Balaban J connectivity index is 1.36. The molecule has 0 unspecified atom stereocenters. The summed E-state index contributed by atoms with van der Waals surface area (Å²) in [6, 6.07) is 14.9. The van der Waals surface area contributed by atoms with Crippen LogP contribution < -0.4 is 15.8 Å². The minimum Gasteiger partial charge on any atom is -0.353 e. The van der Waals surface area contributed by atoms with Crippen LogP contribution in [0.15, 0.2) is 59.5 Å². The predicted molar refractivity (Wildman–Crippen MR) is 127 cm³/mol. The van der Waals surface area contributed by atoms with E-state index in [0.717, 1.165) is 47.1 Å². The highest BCUT2D eigenvalue weighted by Gasteiger charge is 2.27. The summed E-state index contributed by atoms with van der Waals surface area (Å²) in [6.07, 6.45) is 2.58. The van der Waals surface area contributed by atoms with Gasteiger partial charge in [-0.05, 0) is 63.1 Å². The number of carbonyl (C=O) groups is 1. The summed E-state index contributed by atoms with van der Waals surface area (Å²) in [4.78, 5) is 32.8. The minimum absolute atomic E-state index is 0.0648. The molecule has 0 aliphatic carbocycles. The number of aryl methyl sites for hydroxylation is 2. The summed E-state index contributed by atoms with van der Waals surface area (Å²) >= 11 is 0. The molecular weight excluding hydrogens is 416 g/mol. The Bertz CT molecular complexity index is 1410. The molecule has 5 rings (SSSR count). The Labute approximate surface area is 191 Å². The maximum absolute atomic E-state index is 13.2. The van der Waals surface area contributed by atoms with Gasteiger partial charge in [0.2, 0.25) is 0 Å². The lowest BCUT2D eigenvalue weighted by Crippen LogP contribution is -2.40. The minimum atomic E-state index is -0.339. The highest BCUT2D eigenvalue weighted by molar-refractivity contribution is 5.94. The van der Waals surface area contributed by atoms with Crippen molar-refractivity contribution in [3.63, 3.8) is 0 Å². The van der Waals surface area contributed by atoms with E-state index >= 15 is 0 Å². The van der Waals surface area contributed by atoms with Crippen LogP contribution in [0.5, 0.6) is 0 Å². The van der Waals surface area contributed by atoms with Gasteiger partial charge in [-0.1, -0.05) is 18.2 Å². The van der Waals surface area contributed by atoms with Crippen molar-refractivity contribution < 1.29 is 4.79 Å². The van der Waals surface area contributed by atoms with E-state index in [0.29, 0.717) is 6.54 Å². The summed E-state index contributed by atoms with van der Waals surface area (Å²) in [6.45, 7) is 7.19. The van der Waals surface area contributed by atoms with Crippen LogP contribution in [0.3, 0.4) is 0 Å². The topological polar surface area (TPSA) is 84.5 Å². The largest absolute Gasteiger partial charge is 0.353 e. The summed E-state index contributed by atoms with van der Waals surface area (Å²) in [5, 5.41) is 7.75. The third-order valence-electron chi connectivity index (χ3n) is 6.33. The summed E-state index contributed by atoms with van der Waals surface area (Å²) in [5.74, 6) is 0.506. The SMILES string of the molecule is Cc1cc(C(=O)N[C@H]2CCN(c3ccc4ncc(C)n4n3)C2)c(=O)n(-c2ccccc2)c1C. The van der Waals surface area contributed by atoms with Gasteiger partial charge in [-0.15, -0.1) is 5.10 Å². The molecule has 1 atom stereocenters. The fourth-order valence-corrected chi connectivity index (χ4v) is 4.38. The lowest BCUT2D eigenvalue weighted by Gasteiger charge is -2.19. The van der Waals surface area contributed by atoms with Crippen LogP contribution in [0, 0.1) is 20.8 Å². The number of carbonyl (C=O) groups excluding carboxylic acids is 1. The lowest BCUT2D eigenvalue weighted by atomic mass is 10.1. The van der Waals surface area contributed by atoms with Crippen molar-refractivity contribution >= 4 is 17.4 Å². The second kappa shape index (κ2) is 8.20. The molecular formula is C25H26N6O2. The van der Waals surface area contributed by atoms with Crippen LogP contribution >= 0.6 is 0 Å². The second-order valence-corrected chi connectivity index (χ2v) is 8.57. The van der Waals surface area contributed by atoms with Crippen LogP contribution in [-0.4, -0.2) is 44.2 Å². The molecule has 1 aliphatic heterocycles. The molecule has 8 nitrogen and oxygen atoms in total. The van der Waals surface area contributed by atoms with E-state index in [-0.39, 0.29) is 23.1 Å². The molecule has 3 aromatic heterocycles. The lowest BCUT2D eigenvalue weighted by molar-refractivity contribution is 0.0938. The maximum Gasteiger partial charge on any atom is 0.268 e. The normalized spacial score (nSPS) is 15.8. The molecule has 1 N–H and O–H groups in total. The summed E-state index contributed by atoms with van der Waals surface area (Å²) in [5.41, 5.74) is 4.11. The van der Waals surface area contributed by atoms with Crippen LogP contribution in [-0.2, 0) is 0 Å². The van der Waals surface area contributed by atoms with E-state index in [1.54, 1.807) is 16.8 Å². The van der Waals surface area contributed by atoms with Gasteiger partial charge in [0.1, 0.15) is 11.4 Å². The molecule has 1 aromatic carbocycles. The molecule has 1 saturated heterocycles. The number of hydrogen-bond donors (Lipinski definition) is 1. The number of pyridine rings is 1. The van der Waals surface area contributed by atoms with Gasteiger partial charge in [0, 0.05) is 30.5 Å². The number of rotatable bonds is 4. The number of anilines is 1. The Morgan fingerprint density at radius 3 is 2.67 bits per heavy atom. The van der Waals surface area contributed by atoms with Gasteiger partial charge in [0.15, 0.2) is 5.65 Å². The molecule has 1 amide bonds. The van der Waals surface area contributed by atoms with Gasteiger partial charge >= 0.3 is 0 Å². The first-order valence-corrected chi connectivity index (χ1v) is 11.1. The third-order valence-corrected chi connectivity index (χ3v) is 6.33. The maximum atomic E-state index is 13.2. The molecule has 1 fully saturated rings. The molecule has 4 heterocycles. The van der Waals surface area contributed by atoms with Gasteiger partial charge in [-0.2, -0.15) is 0 Å². The van der Waals surface area contributed by atoms with Crippen molar-refractivity contribution in [3.05, 3.63) is 87.6 Å². The van der Waals surface area contributed by atoms with Gasteiger partial charge in [0.25, 0.3) is 11.5 Å². The molecule has 0 bridgehead atoms. The number of amides is 1. The molecule has 0 spiro atoms. The fraction of sp³-hybridized carbons (Fsp3) is 0.280. The Morgan fingerprint density at radius 2 is 1.88 bits per heavy atom. The van der Waals surface area contributed by atoms with E-state index in [1.807, 2.05) is 67.8 Å². The Hall–Kier alpha value is -3.94. The first-order chi connectivity index (χ1) is 15.9. The Kier molecular flexibility index (Phi) is 5.20. The smallest absolute Gasteiger partial charge is 0.268 e. The average molecular weight is 443 g/mol. The standard InChI is InChI=1S/C25H26N6O2/c1-16-13-21(25(33)30(18(16)3)20-7-5-4-6-8-20)24(32)27-19-11-12-29(15-19)23-10-9-22-26-14-17(2)31(22)28-23/h4-10,13-14,19H,11-12,15H2,1-3H3,(H,27,32)/t19-/m0/s1. The second-order valence-electron chi connectivity index (χ2n) is 8.57. The summed E-state index contributed by atoms with van der Waals surface area (Å²) < 4.78 is 3.43. The number of nitrogens with zero attached hydrogens (tertiary/aromatic N) is 5. The quantitative estimate of drug-likeness (QED) is 0.525. The van der Waals surface area contributed by atoms with Crippen molar-refractivity contribution in [2.75, 3.05) is 18.0 Å². The highest BCUT2D eigenvalue weighted by Crippen LogP contribution is 2.20. The van der Waals surface area contributed by atoms with E-state index in [4.69, 9.17) is 0 Å². The highest BCUT2D eigenvalue weighted by atomic mass is 16.2. The van der Waals surface area contributed by atoms with Crippen LogP contribution in [0.1, 0.15) is 33.7 Å². The number of fused-ring (bicyclic) bond motifs is 1. The molecule has 33 heavy (non-hydrogen) atoms. The predicted octanol–water partition coefficient (Wildman–Crippen LogP) is 2.81. The number of aromatic nitrogens is 4. The monoisotopic (exact) mass is 442 g/mol. The molecule has 4 aromatic rings. The third kappa shape index (κ3) is 3.77. The van der Waals surface area contributed by atoms with Crippen molar-refractivity contribution in [1.29, 1.82) is 0 Å². The number of benzene rings is 1. The number of para-hydroxylation sites is 1. The van der Waals surface area contributed by atoms with Crippen molar-refractivity contribution in [1.82, 2.24) is 24.5 Å².